The van der Waals surface area contributed by atoms with Gasteiger partial charge in [-0.05, 0) is 37.0 Å². The van der Waals surface area contributed by atoms with Crippen LogP contribution >= 0.6 is 0 Å². The zero-order valence-corrected chi connectivity index (χ0v) is 14.6. The lowest BCUT2D eigenvalue weighted by Crippen LogP contribution is -2.47. The lowest BCUT2D eigenvalue weighted by atomic mass is 10.0. The van der Waals surface area contributed by atoms with E-state index >= 15 is 0 Å². The van der Waals surface area contributed by atoms with Crippen LogP contribution in [0, 0.1) is 0 Å². The van der Waals surface area contributed by atoms with Crippen molar-refractivity contribution in [3.05, 3.63) is 66.2 Å². The number of anilines is 1. The third-order valence-electron chi connectivity index (χ3n) is 4.94. The Hall–Kier alpha value is -2.13. The first-order valence-electron chi connectivity index (χ1n) is 10.6. The number of nitrogens with zero attached hydrogens (tertiary/aromatic N) is 2. The molecule has 0 radical (unpaired) electrons. The van der Waals surface area contributed by atoms with Crippen molar-refractivity contribution in [2.75, 3.05) is 24.5 Å². The second-order valence-corrected chi connectivity index (χ2v) is 6.58. The molecular weight excluding hydrogens is 308 g/mol. The van der Waals surface area contributed by atoms with Crippen LogP contribution in [0.5, 0.6) is 0 Å². The molecule has 25 heavy (non-hydrogen) atoms. The summed E-state index contributed by atoms with van der Waals surface area (Å²) in [7, 11) is 0. The highest BCUT2D eigenvalue weighted by Gasteiger charge is 2.28. The van der Waals surface area contributed by atoms with Gasteiger partial charge in [0.2, 0.25) is 5.91 Å². The number of para-hydroxylation sites is 1. The molecule has 1 aliphatic rings. The molecule has 0 spiro atoms. The number of amides is 1. The number of carbonyl (C=O) groups excluding carboxylic acids is 1. The van der Waals surface area contributed by atoms with Gasteiger partial charge in [0, 0.05) is 41.9 Å². The van der Waals surface area contributed by atoms with Gasteiger partial charge < -0.3 is 9.80 Å². The van der Waals surface area contributed by atoms with Gasteiger partial charge in [-0.2, -0.15) is 0 Å². The highest BCUT2D eigenvalue weighted by atomic mass is 16.2. The highest BCUT2D eigenvalue weighted by molar-refractivity contribution is 5.93. The van der Waals surface area contributed by atoms with Gasteiger partial charge in [-0.15, -0.1) is 0 Å². The topological polar surface area (TPSA) is 23.6 Å². The van der Waals surface area contributed by atoms with Crippen LogP contribution in [-0.4, -0.2) is 36.5 Å². The van der Waals surface area contributed by atoms with Gasteiger partial charge in [-0.3, -0.25) is 4.79 Å². The maximum Gasteiger partial charge on any atom is 0.226 e. The fourth-order valence-corrected chi connectivity index (χ4v) is 3.57. The molecule has 2 aromatic carbocycles. The Labute approximate surface area is 155 Å². The molecule has 3 nitrogen and oxygen atoms in total. The summed E-state index contributed by atoms with van der Waals surface area (Å²) in [6.45, 7) is 0.593. The molecule has 1 saturated heterocycles. The molecule has 132 valence electrons. The molecule has 0 unspecified atom stereocenters. The van der Waals surface area contributed by atoms with Gasteiger partial charge in [0.05, 0.1) is 0 Å². The maximum atomic E-state index is 12.8. The average molecular weight is 339 g/mol. The number of piperidine rings is 1. The molecule has 0 aliphatic carbocycles. The Morgan fingerprint density at radius 3 is 2.36 bits per heavy atom. The van der Waals surface area contributed by atoms with Crippen LogP contribution < -0.4 is 4.90 Å². The van der Waals surface area contributed by atoms with Gasteiger partial charge in [0.25, 0.3) is 0 Å². The van der Waals surface area contributed by atoms with Crippen molar-refractivity contribution in [2.45, 2.75) is 38.6 Å². The molecule has 0 N–H and O–H groups in total. The first kappa shape index (κ1) is 14.1. The molecule has 1 heterocycles. The normalized spacial score (nSPS) is 18.2. The van der Waals surface area contributed by atoms with Crippen LogP contribution in [0.25, 0.3) is 0 Å². The van der Waals surface area contributed by atoms with E-state index in [1.165, 1.54) is 5.56 Å². The van der Waals surface area contributed by atoms with Crippen molar-refractivity contribution < 1.29 is 8.91 Å². The molecule has 1 amide bonds. The summed E-state index contributed by atoms with van der Waals surface area (Å²) >= 11 is 0. The molecule has 0 atom stereocenters. The SMILES string of the molecule is [2H]C([2H])([2H])CC(=O)N(c1ccccc1)C1CCN(CCc2ccccc2)CC1. The van der Waals surface area contributed by atoms with Gasteiger partial charge in [0.15, 0.2) is 0 Å². The smallest absolute Gasteiger partial charge is 0.226 e. The zero-order chi connectivity index (χ0) is 20.0. The Kier molecular flexibility index (Phi) is 4.97. The van der Waals surface area contributed by atoms with Crippen LogP contribution in [-0.2, 0) is 11.2 Å². The first-order chi connectivity index (χ1) is 13.4. The van der Waals surface area contributed by atoms with Gasteiger partial charge >= 0.3 is 0 Å². The lowest BCUT2D eigenvalue weighted by molar-refractivity contribution is -0.119. The summed E-state index contributed by atoms with van der Waals surface area (Å²) in [5.74, 6) is -0.311. The van der Waals surface area contributed by atoms with Crippen molar-refractivity contribution in [3.63, 3.8) is 0 Å². The predicted octanol–water partition coefficient (Wildman–Crippen LogP) is 4.14. The summed E-state index contributed by atoms with van der Waals surface area (Å²) in [4.78, 5) is 17.0. The molecule has 0 saturated carbocycles. The van der Waals surface area contributed by atoms with E-state index in [2.05, 4.69) is 29.2 Å². The van der Waals surface area contributed by atoms with E-state index < -0.39 is 13.3 Å². The molecule has 0 bridgehead atoms. The molecule has 3 heteroatoms. The molecule has 2 aromatic rings. The quantitative estimate of drug-likeness (QED) is 0.790. The number of likely N-dealkylation sites (tertiary alicyclic amines) is 1. The minimum Gasteiger partial charge on any atom is -0.309 e. The lowest BCUT2D eigenvalue weighted by Gasteiger charge is -2.38. The van der Waals surface area contributed by atoms with Crippen LogP contribution in [0.3, 0.4) is 0 Å². The standard InChI is InChI=1S/C22H28N2O/c1-2-22(25)24(20-11-7-4-8-12-20)21-14-17-23(18-15-21)16-13-19-9-5-3-6-10-19/h3-12,21H,2,13-18H2,1H3/i1D3. The minimum absolute atomic E-state index is 0.0465. The molecular formula is C22H28N2O. The van der Waals surface area contributed by atoms with Crippen molar-refractivity contribution in [1.29, 1.82) is 0 Å². The molecule has 1 fully saturated rings. The summed E-state index contributed by atoms with van der Waals surface area (Å²) in [6, 6.07) is 20.0. The second kappa shape index (κ2) is 8.82. The van der Waals surface area contributed by atoms with Crippen molar-refractivity contribution in [1.82, 2.24) is 4.90 Å². The number of carbonyl (C=O) groups is 1. The Morgan fingerprint density at radius 2 is 1.72 bits per heavy atom. The maximum absolute atomic E-state index is 12.8. The van der Waals surface area contributed by atoms with Crippen LogP contribution in [0.1, 0.15) is 35.8 Å². The van der Waals surface area contributed by atoms with Gasteiger partial charge in [-0.25, -0.2) is 0 Å². The number of hydrogen-bond donors (Lipinski definition) is 0. The average Bonchev–Trinajstić information content (AvgIpc) is 2.68. The summed E-state index contributed by atoms with van der Waals surface area (Å²) in [5, 5.41) is 0. The van der Waals surface area contributed by atoms with Crippen molar-refractivity contribution in [2.24, 2.45) is 0 Å². The van der Waals surface area contributed by atoms with Crippen LogP contribution in [0.15, 0.2) is 60.7 Å². The second-order valence-electron chi connectivity index (χ2n) is 6.58. The van der Waals surface area contributed by atoms with Crippen molar-refractivity contribution >= 4 is 11.6 Å². The zero-order valence-electron chi connectivity index (χ0n) is 17.6. The highest BCUT2D eigenvalue weighted by Crippen LogP contribution is 2.24. The Balaban J connectivity index is 1.62. The Bertz CT molecular complexity index is 741. The van der Waals surface area contributed by atoms with Crippen LogP contribution in [0.2, 0.25) is 0 Å². The van der Waals surface area contributed by atoms with E-state index in [-0.39, 0.29) is 11.9 Å². The van der Waals surface area contributed by atoms with E-state index in [9.17, 15) is 4.79 Å². The molecule has 3 rings (SSSR count). The largest absolute Gasteiger partial charge is 0.309 e. The fourth-order valence-electron chi connectivity index (χ4n) is 3.57. The Morgan fingerprint density at radius 1 is 1.08 bits per heavy atom. The van der Waals surface area contributed by atoms with E-state index in [0.717, 1.165) is 44.6 Å². The summed E-state index contributed by atoms with van der Waals surface area (Å²) in [6.07, 6.45) is 2.31. The van der Waals surface area contributed by atoms with Crippen LogP contribution in [0.4, 0.5) is 5.69 Å². The van der Waals surface area contributed by atoms with Gasteiger partial charge in [-0.1, -0.05) is 55.4 Å². The first-order valence-corrected chi connectivity index (χ1v) is 9.06. The summed E-state index contributed by atoms with van der Waals surface area (Å²) in [5.41, 5.74) is 2.13. The third kappa shape index (κ3) is 4.70. The molecule has 0 aromatic heterocycles. The van der Waals surface area contributed by atoms with E-state index in [0.29, 0.717) is 0 Å². The number of hydrogen-bond acceptors (Lipinski definition) is 2. The van der Waals surface area contributed by atoms with E-state index in [1.54, 1.807) is 4.90 Å². The number of benzene rings is 2. The van der Waals surface area contributed by atoms with E-state index in [4.69, 9.17) is 4.11 Å². The predicted molar refractivity (Wildman–Crippen MR) is 104 cm³/mol. The number of rotatable bonds is 6. The third-order valence-corrected chi connectivity index (χ3v) is 4.94. The van der Waals surface area contributed by atoms with Gasteiger partial charge in [0.1, 0.15) is 0 Å². The monoisotopic (exact) mass is 339 g/mol. The van der Waals surface area contributed by atoms with Crippen molar-refractivity contribution in [3.8, 4) is 0 Å². The summed E-state index contributed by atoms with van der Waals surface area (Å²) < 4.78 is 22.4. The fraction of sp³-hybridized carbons (Fsp3) is 0.409. The minimum atomic E-state index is -2.25. The molecule has 1 aliphatic heterocycles. The van der Waals surface area contributed by atoms with E-state index in [1.807, 2.05) is 36.4 Å².